The van der Waals surface area contributed by atoms with Gasteiger partial charge in [0.2, 0.25) is 0 Å². The fourth-order valence-electron chi connectivity index (χ4n) is 2.40. The summed E-state index contributed by atoms with van der Waals surface area (Å²) in [5.41, 5.74) is 4.04. The molecule has 0 spiro atoms. The molecule has 1 aromatic rings. The van der Waals surface area contributed by atoms with Gasteiger partial charge in [-0.25, -0.2) is 0 Å². The molecule has 1 nitrogen and oxygen atoms in total. The lowest BCUT2D eigenvalue weighted by molar-refractivity contribution is 0.0934. The van der Waals surface area contributed by atoms with Crippen LogP contribution in [0.1, 0.15) is 34.9 Å². The molecule has 0 radical (unpaired) electrons. The van der Waals surface area contributed by atoms with Crippen LogP contribution in [-0.4, -0.2) is 12.7 Å². The lowest BCUT2D eigenvalue weighted by Gasteiger charge is -2.23. The van der Waals surface area contributed by atoms with Crippen molar-refractivity contribution in [2.45, 2.75) is 38.1 Å². The quantitative estimate of drug-likeness (QED) is 0.740. The van der Waals surface area contributed by atoms with Crippen LogP contribution in [0.2, 0.25) is 0 Å². The van der Waals surface area contributed by atoms with Gasteiger partial charge in [-0.05, 0) is 37.3 Å². The van der Waals surface area contributed by atoms with Crippen LogP contribution in [0.25, 0.3) is 0 Å². The molecule has 0 aliphatic carbocycles. The van der Waals surface area contributed by atoms with E-state index in [1.54, 1.807) is 0 Å². The lowest BCUT2D eigenvalue weighted by atomic mass is 9.94. The minimum Gasteiger partial charge on any atom is -0.376 e. The van der Waals surface area contributed by atoms with Crippen molar-refractivity contribution in [3.63, 3.8) is 0 Å². The highest BCUT2D eigenvalue weighted by molar-refractivity contribution is 9.09. The molecule has 1 aromatic carbocycles. The zero-order valence-corrected chi connectivity index (χ0v) is 11.8. The molecule has 3 atom stereocenters. The van der Waals surface area contributed by atoms with E-state index >= 15 is 0 Å². The second-order valence-corrected chi connectivity index (χ2v) is 5.85. The first-order valence-corrected chi connectivity index (χ1v) is 6.84. The molecular weight excluding hydrogens is 264 g/mol. The van der Waals surface area contributed by atoms with E-state index in [1.165, 1.54) is 23.1 Å². The molecule has 0 saturated carbocycles. The first kappa shape index (κ1) is 12.1. The third-order valence-electron chi connectivity index (χ3n) is 3.46. The van der Waals surface area contributed by atoms with Crippen LogP contribution in [-0.2, 0) is 4.74 Å². The van der Waals surface area contributed by atoms with Crippen LogP contribution in [0.15, 0.2) is 18.2 Å². The minimum absolute atomic E-state index is 0.321. The largest absolute Gasteiger partial charge is 0.376 e. The molecular formula is C14H19BrO. The zero-order chi connectivity index (χ0) is 11.7. The third-order valence-corrected chi connectivity index (χ3v) is 4.47. The van der Waals surface area contributed by atoms with Gasteiger partial charge in [-0.1, -0.05) is 46.6 Å². The molecule has 1 saturated heterocycles. The summed E-state index contributed by atoms with van der Waals surface area (Å²) < 4.78 is 5.82. The van der Waals surface area contributed by atoms with E-state index in [0.29, 0.717) is 16.8 Å². The number of rotatable bonds is 2. The van der Waals surface area contributed by atoms with Crippen molar-refractivity contribution in [1.29, 1.82) is 0 Å². The van der Waals surface area contributed by atoms with Crippen molar-refractivity contribution >= 4 is 15.9 Å². The van der Waals surface area contributed by atoms with Gasteiger partial charge in [0.05, 0.1) is 10.9 Å². The Morgan fingerprint density at radius 2 is 2.12 bits per heavy atom. The van der Waals surface area contributed by atoms with Gasteiger partial charge in [0.25, 0.3) is 0 Å². The van der Waals surface area contributed by atoms with Gasteiger partial charge in [-0.2, -0.15) is 0 Å². The van der Waals surface area contributed by atoms with E-state index in [0.717, 1.165) is 6.61 Å². The van der Waals surface area contributed by atoms with Crippen molar-refractivity contribution in [2.75, 3.05) is 6.61 Å². The first-order chi connectivity index (χ1) is 7.59. The summed E-state index contributed by atoms with van der Waals surface area (Å²) in [7, 11) is 0. The van der Waals surface area contributed by atoms with E-state index in [1.807, 2.05) is 0 Å². The number of benzene rings is 1. The summed E-state index contributed by atoms with van der Waals surface area (Å²) in [6.07, 6.45) is 1.50. The Bertz CT molecular complexity index is 375. The Morgan fingerprint density at radius 3 is 2.69 bits per heavy atom. The fourth-order valence-corrected chi connectivity index (χ4v) is 3.59. The summed E-state index contributed by atoms with van der Waals surface area (Å²) in [4.78, 5) is 0.325. The standard InChI is InChI=1S/C14H19BrO/c1-9-4-5-12(11(3)8-9)13(15)14-10(2)6-7-16-14/h4-5,8,10,13-14H,6-7H2,1-3H3. The number of halogens is 1. The predicted molar refractivity (Wildman–Crippen MR) is 71.1 cm³/mol. The molecule has 0 bridgehead atoms. The van der Waals surface area contributed by atoms with Crippen LogP contribution >= 0.6 is 15.9 Å². The molecule has 2 rings (SSSR count). The summed E-state index contributed by atoms with van der Waals surface area (Å²) in [6.45, 7) is 7.49. The van der Waals surface area contributed by atoms with Crippen molar-refractivity contribution < 1.29 is 4.74 Å². The SMILES string of the molecule is Cc1ccc(C(Br)C2OCCC2C)c(C)c1. The van der Waals surface area contributed by atoms with E-state index in [4.69, 9.17) is 4.74 Å². The monoisotopic (exact) mass is 282 g/mol. The molecule has 1 aliphatic heterocycles. The average Bonchev–Trinajstić information content (AvgIpc) is 2.63. The minimum atomic E-state index is 0.321. The highest BCUT2D eigenvalue weighted by Gasteiger charge is 2.31. The van der Waals surface area contributed by atoms with Crippen molar-refractivity contribution in [1.82, 2.24) is 0 Å². The van der Waals surface area contributed by atoms with E-state index in [2.05, 4.69) is 54.9 Å². The first-order valence-electron chi connectivity index (χ1n) is 5.92. The molecule has 1 aliphatic rings. The molecule has 88 valence electrons. The Morgan fingerprint density at radius 1 is 1.38 bits per heavy atom. The highest BCUT2D eigenvalue weighted by Crippen LogP contribution is 2.38. The fraction of sp³-hybridized carbons (Fsp3) is 0.571. The molecule has 2 heteroatoms. The lowest BCUT2D eigenvalue weighted by Crippen LogP contribution is -2.19. The zero-order valence-electron chi connectivity index (χ0n) is 10.2. The smallest absolute Gasteiger partial charge is 0.0767 e. The number of hydrogen-bond acceptors (Lipinski definition) is 1. The Balaban J connectivity index is 2.23. The Labute approximate surface area is 106 Å². The van der Waals surface area contributed by atoms with E-state index < -0.39 is 0 Å². The van der Waals surface area contributed by atoms with Crippen LogP contribution in [0.3, 0.4) is 0 Å². The molecule has 0 aromatic heterocycles. The van der Waals surface area contributed by atoms with Gasteiger partial charge < -0.3 is 4.74 Å². The molecule has 3 unspecified atom stereocenters. The summed E-state index contributed by atoms with van der Waals surface area (Å²) in [5.74, 6) is 0.644. The van der Waals surface area contributed by atoms with E-state index in [9.17, 15) is 0 Å². The van der Waals surface area contributed by atoms with Gasteiger partial charge in [0, 0.05) is 6.61 Å². The van der Waals surface area contributed by atoms with E-state index in [-0.39, 0.29) is 0 Å². The van der Waals surface area contributed by atoms with Crippen molar-refractivity contribution in [2.24, 2.45) is 5.92 Å². The molecule has 16 heavy (non-hydrogen) atoms. The van der Waals surface area contributed by atoms with Crippen LogP contribution in [0, 0.1) is 19.8 Å². The second-order valence-electron chi connectivity index (χ2n) is 4.86. The maximum absolute atomic E-state index is 5.82. The normalized spacial score (nSPS) is 27.0. The third kappa shape index (κ3) is 2.33. The van der Waals surface area contributed by atoms with Crippen molar-refractivity contribution in [3.8, 4) is 0 Å². The highest BCUT2D eigenvalue weighted by atomic mass is 79.9. The summed E-state index contributed by atoms with van der Waals surface area (Å²) >= 11 is 3.80. The number of hydrogen-bond donors (Lipinski definition) is 0. The molecule has 0 amide bonds. The average molecular weight is 283 g/mol. The number of ether oxygens (including phenoxy) is 1. The van der Waals surface area contributed by atoms with Gasteiger partial charge in [0.1, 0.15) is 0 Å². The molecule has 0 N–H and O–H groups in total. The summed E-state index contributed by atoms with van der Waals surface area (Å²) in [5, 5.41) is 0. The van der Waals surface area contributed by atoms with Crippen molar-refractivity contribution in [3.05, 3.63) is 34.9 Å². The second kappa shape index (κ2) is 4.89. The topological polar surface area (TPSA) is 9.23 Å². The summed E-state index contributed by atoms with van der Waals surface area (Å²) in [6, 6.07) is 6.64. The maximum atomic E-state index is 5.82. The Hall–Kier alpha value is -0.340. The van der Waals surface area contributed by atoms with Gasteiger partial charge in [-0.3, -0.25) is 0 Å². The molecule has 1 fully saturated rings. The Kier molecular flexibility index (Phi) is 3.70. The van der Waals surface area contributed by atoms with Gasteiger partial charge in [-0.15, -0.1) is 0 Å². The molecule has 1 heterocycles. The predicted octanol–water partition coefficient (Wildman–Crippen LogP) is 4.16. The van der Waals surface area contributed by atoms with Crippen LogP contribution in [0.5, 0.6) is 0 Å². The van der Waals surface area contributed by atoms with Gasteiger partial charge >= 0.3 is 0 Å². The van der Waals surface area contributed by atoms with Gasteiger partial charge in [0.15, 0.2) is 0 Å². The number of aryl methyl sites for hydroxylation is 2. The maximum Gasteiger partial charge on any atom is 0.0767 e. The van der Waals surface area contributed by atoms with Crippen LogP contribution < -0.4 is 0 Å². The van der Waals surface area contributed by atoms with Crippen LogP contribution in [0.4, 0.5) is 0 Å². The number of alkyl halides is 1.